The number of rotatable bonds is 3. The Balaban J connectivity index is -0.000000125. The Morgan fingerprint density at radius 1 is 1.29 bits per heavy atom. The van der Waals surface area contributed by atoms with Gasteiger partial charge in [0.05, 0.1) is 0 Å². The predicted molar refractivity (Wildman–Crippen MR) is 47.6 cm³/mol. The van der Waals surface area contributed by atoms with Gasteiger partial charge < -0.3 is 41.8 Å². The summed E-state index contributed by atoms with van der Waals surface area (Å²) in [6, 6.07) is 0. The summed E-state index contributed by atoms with van der Waals surface area (Å²) < 4.78 is 2.08. The molecule has 0 N–H and O–H groups in total. The zero-order valence-electron chi connectivity index (χ0n) is 8.38. The van der Waals surface area contributed by atoms with Crippen molar-refractivity contribution in [3.8, 4) is 0 Å². The third kappa shape index (κ3) is 7.97. The predicted octanol–water partition coefficient (Wildman–Crippen LogP) is -7.61. The molecule has 1 rings (SSSR count). The molecular weight excluding hydrogens is 257 g/mol. The summed E-state index contributed by atoms with van der Waals surface area (Å²) in [5.41, 5.74) is 0. The summed E-state index contributed by atoms with van der Waals surface area (Å²) in [7, 11) is 2.04. The molecule has 0 saturated heterocycles. The molecule has 0 aliphatic heterocycles. The number of hydrogen-bond acceptors (Lipinski definition) is 1. The largest absolute Gasteiger partial charge is 3.00 e. The van der Waals surface area contributed by atoms with Crippen LogP contribution < -0.4 is 37.2 Å². The SMILES string of the molecule is CCCCc1nccn1C.[Al+3].[Cl-].[Cl-].[Cl-]. The van der Waals surface area contributed by atoms with Crippen LogP contribution in [0.2, 0.25) is 0 Å². The van der Waals surface area contributed by atoms with Gasteiger partial charge in [-0.2, -0.15) is 0 Å². The second-order valence-electron chi connectivity index (χ2n) is 2.56. The van der Waals surface area contributed by atoms with Crippen LogP contribution in [0.5, 0.6) is 0 Å². The van der Waals surface area contributed by atoms with Crippen LogP contribution in [0.4, 0.5) is 0 Å². The first-order valence-corrected chi connectivity index (χ1v) is 3.80. The van der Waals surface area contributed by atoms with E-state index in [4.69, 9.17) is 0 Å². The van der Waals surface area contributed by atoms with E-state index in [1.807, 2.05) is 19.4 Å². The van der Waals surface area contributed by atoms with Crippen molar-refractivity contribution in [1.29, 1.82) is 0 Å². The van der Waals surface area contributed by atoms with Gasteiger partial charge in [-0.1, -0.05) is 13.3 Å². The van der Waals surface area contributed by atoms with Gasteiger partial charge in [0.2, 0.25) is 0 Å². The third-order valence-electron chi connectivity index (χ3n) is 1.67. The summed E-state index contributed by atoms with van der Waals surface area (Å²) >= 11 is 0. The molecule has 0 bridgehead atoms. The van der Waals surface area contributed by atoms with Crippen LogP contribution in [0.25, 0.3) is 0 Å². The van der Waals surface area contributed by atoms with Crippen molar-refractivity contribution < 1.29 is 37.2 Å². The summed E-state index contributed by atoms with van der Waals surface area (Å²) in [5, 5.41) is 0. The van der Waals surface area contributed by atoms with Gasteiger partial charge >= 0.3 is 17.4 Å². The first-order chi connectivity index (χ1) is 4.84. The van der Waals surface area contributed by atoms with Gasteiger partial charge in [-0.25, -0.2) is 4.98 Å². The number of aromatic nitrogens is 2. The van der Waals surface area contributed by atoms with Gasteiger partial charge in [0.15, 0.2) is 0 Å². The summed E-state index contributed by atoms with van der Waals surface area (Å²) in [5.74, 6) is 1.20. The normalized spacial score (nSPS) is 7.29. The van der Waals surface area contributed by atoms with Crippen molar-refractivity contribution in [2.45, 2.75) is 26.2 Å². The maximum absolute atomic E-state index is 4.22. The van der Waals surface area contributed by atoms with Crippen molar-refractivity contribution in [2.24, 2.45) is 7.05 Å². The van der Waals surface area contributed by atoms with Crippen LogP contribution in [0.3, 0.4) is 0 Å². The van der Waals surface area contributed by atoms with Crippen LogP contribution in [-0.4, -0.2) is 26.9 Å². The first-order valence-electron chi connectivity index (χ1n) is 3.80. The number of aryl methyl sites for hydroxylation is 2. The van der Waals surface area contributed by atoms with Gasteiger partial charge in [0, 0.05) is 25.9 Å². The fourth-order valence-corrected chi connectivity index (χ4v) is 0.972. The smallest absolute Gasteiger partial charge is 1.00 e. The van der Waals surface area contributed by atoms with Crippen molar-refractivity contribution in [3.05, 3.63) is 18.2 Å². The second kappa shape index (κ2) is 13.6. The van der Waals surface area contributed by atoms with E-state index >= 15 is 0 Å². The number of nitrogens with zero attached hydrogens (tertiary/aromatic N) is 2. The molecule has 0 spiro atoms. The summed E-state index contributed by atoms with van der Waals surface area (Å²) in [6.07, 6.45) is 7.44. The Kier molecular flexibility index (Phi) is 23.4. The molecule has 14 heavy (non-hydrogen) atoms. The monoisotopic (exact) mass is 270 g/mol. The Labute approximate surface area is 115 Å². The molecule has 2 nitrogen and oxygen atoms in total. The number of unbranched alkanes of at least 4 members (excludes halogenated alkanes) is 1. The molecule has 0 aliphatic carbocycles. The fraction of sp³-hybridized carbons (Fsp3) is 0.625. The van der Waals surface area contributed by atoms with Crippen molar-refractivity contribution in [2.75, 3.05) is 0 Å². The van der Waals surface area contributed by atoms with Crippen LogP contribution in [0.1, 0.15) is 25.6 Å². The maximum Gasteiger partial charge on any atom is 3.00 e. The molecule has 0 aliphatic rings. The Hall–Kier alpha value is 0.612. The van der Waals surface area contributed by atoms with Gasteiger partial charge in [-0.15, -0.1) is 0 Å². The molecular formula is C8H14AlCl3N2. The number of imidazole rings is 1. The molecule has 1 heterocycles. The van der Waals surface area contributed by atoms with E-state index < -0.39 is 0 Å². The minimum atomic E-state index is 0. The number of halogens is 3. The van der Waals surface area contributed by atoms with Crippen LogP contribution in [0, 0.1) is 0 Å². The average molecular weight is 272 g/mol. The zero-order chi connectivity index (χ0) is 7.40. The fourth-order valence-electron chi connectivity index (χ4n) is 0.972. The molecule has 0 aromatic carbocycles. The quantitative estimate of drug-likeness (QED) is 0.500. The van der Waals surface area contributed by atoms with Crippen molar-refractivity contribution in [3.63, 3.8) is 0 Å². The minimum Gasteiger partial charge on any atom is -1.00 e. The van der Waals surface area contributed by atoms with Gasteiger partial charge in [0.1, 0.15) is 5.82 Å². The molecule has 0 radical (unpaired) electrons. The zero-order valence-corrected chi connectivity index (χ0v) is 11.8. The maximum atomic E-state index is 4.22. The summed E-state index contributed by atoms with van der Waals surface area (Å²) in [6.45, 7) is 2.20. The molecule has 1 aromatic rings. The first kappa shape index (κ1) is 24.0. The topological polar surface area (TPSA) is 17.8 Å². The molecule has 0 atom stereocenters. The molecule has 1 aromatic heterocycles. The van der Waals surface area contributed by atoms with Crippen LogP contribution in [-0.2, 0) is 13.5 Å². The van der Waals surface area contributed by atoms with Crippen molar-refractivity contribution >= 4 is 17.4 Å². The Morgan fingerprint density at radius 2 is 1.86 bits per heavy atom. The summed E-state index contributed by atoms with van der Waals surface area (Å²) in [4.78, 5) is 4.22. The molecule has 6 heteroatoms. The van der Waals surface area contributed by atoms with E-state index in [0.717, 1.165) is 6.42 Å². The van der Waals surface area contributed by atoms with E-state index in [-0.39, 0.29) is 54.6 Å². The van der Waals surface area contributed by atoms with E-state index in [1.54, 1.807) is 0 Å². The standard InChI is InChI=1S/C8H14N2.Al.3ClH/c1-3-4-5-8-9-6-7-10(8)2;;;;/h6-7H,3-5H2,1-2H3;;3*1H/q;+3;;;/p-3. The molecule has 0 unspecified atom stereocenters. The van der Waals surface area contributed by atoms with Crippen molar-refractivity contribution in [1.82, 2.24) is 9.55 Å². The molecule has 0 amide bonds. The van der Waals surface area contributed by atoms with Crippen LogP contribution >= 0.6 is 0 Å². The second-order valence-corrected chi connectivity index (χ2v) is 2.56. The van der Waals surface area contributed by atoms with Gasteiger partial charge in [-0.3, -0.25) is 0 Å². The average Bonchev–Trinajstić information content (AvgIpc) is 2.31. The molecule has 0 fully saturated rings. The van der Waals surface area contributed by atoms with E-state index in [0.29, 0.717) is 0 Å². The Bertz CT molecular complexity index is 206. The van der Waals surface area contributed by atoms with Gasteiger partial charge in [-0.05, 0) is 6.42 Å². The molecule has 0 saturated carbocycles. The Morgan fingerprint density at radius 3 is 2.21 bits per heavy atom. The molecule has 80 valence electrons. The van der Waals surface area contributed by atoms with Crippen LogP contribution in [0.15, 0.2) is 12.4 Å². The van der Waals surface area contributed by atoms with E-state index in [1.165, 1.54) is 18.7 Å². The van der Waals surface area contributed by atoms with E-state index in [2.05, 4.69) is 16.5 Å². The minimum absolute atomic E-state index is 0. The van der Waals surface area contributed by atoms with E-state index in [9.17, 15) is 0 Å². The number of hydrogen-bond donors (Lipinski definition) is 0. The van der Waals surface area contributed by atoms with Gasteiger partial charge in [0.25, 0.3) is 0 Å². The third-order valence-corrected chi connectivity index (χ3v) is 1.67.